The van der Waals surface area contributed by atoms with Crippen molar-refractivity contribution in [2.75, 3.05) is 27.2 Å². The van der Waals surface area contributed by atoms with Crippen molar-refractivity contribution in [1.29, 1.82) is 0 Å². The van der Waals surface area contributed by atoms with Crippen LogP contribution >= 0.6 is 0 Å². The lowest BCUT2D eigenvalue weighted by atomic mass is 9.92. The maximum Gasteiger partial charge on any atom is 0.304 e. The Morgan fingerprint density at radius 3 is 2.36 bits per heavy atom. The number of hydrogen-bond acceptors (Lipinski definition) is 7. The van der Waals surface area contributed by atoms with Gasteiger partial charge in [0.25, 0.3) is 15.9 Å². The van der Waals surface area contributed by atoms with E-state index in [0.717, 1.165) is 40.8 Å². The van der Waals surface area contributed by atoms with Gasteiger partial charge in [0, 0.05) is 56.6 Å². The number of nitrogens with zero attached hydrogens (tertiary/aromatic N) is 5. The molecule has 0 saturated heterocycles. The van der Waals surface area contributed by atoms with E-state index < -0.39 is 16.0 Å². The van der Waals surface area contributed by atoms with E-state index in [9.17, 15) is 23.1 Å². The summed E-state index contributed by atoms with van der Waals surface area (Å²) in [5.41, 5.74) is 9.10. The van der Waals surface area contributed by atoms with Gasteiger partial charge in [0.05, 0.1) is 23.2 Å². The van der Waals surface area contributed by atoms with E-state index in [1.165, 1.54) is 14.4 Å². The Morgan fingerprint density at radius 2 is 1.68 bits per heavy atom. The molecule has 5 aromatic rings. The van der Waals surface area contributed by atoms with Crippen LogP contribution in [0.5, 0.6) is 0 Å². The number of carbonyl (C=O) groups is 2. The van der Waals surface area contributed by atoms with Crippen molar-refractivity contribution in [3.05, 3.63) is 100 Å². The van der Waals surface area contributed by atoms with Gasteiger partial charge in [0.2, 0.25) is 0 Å². The van der Waals surface area contributed by atoms with E-state index in [4.69, 9.17) is 9.97 Å². The Kier molecular flexibility index (Phi) is 8.46. The highest BCUT2D eigenvalue weighted by Gasteiger charge is 2.26. The number of hydrogen-bond donors (Lipinski definition) is 1. The molecule has 3 aromatic carbocycles. The van der Waals surface area contributed by atoms with Crippen LogP contribution in [0.4, 0.5) is 0 Å². The van der Waals surface area contributed by atoms with Crippen molar-refractivity contribution >= 4 is 33.1 Å². The number of amides is 1. The Morgan fingerprint density at radius 1 is 0.957 bits per heavy atom. The molecule has 2 aromatic heterocycles. The van der Waals surface area contributed by atoms with Crippen LogP contribution in [0.2, 0.25) is 0 Å². The van der Waals surface area contributed by atoms with E-state index in [1.807, 2.05) is 26.0 Å². The van der Waals surface area contributed by atoms with Crippen LogP contribution in [-0.2, 0) is 27.8 Å². The lowest BCUT2D eigenvalue weighted by Crippen LogP contribution is -2.32. The van der Waals surface area contributed by atoms with Gasteiger partial charge < -0.3 is 10.0 Å². The van der Waals surface area contributed by atoms with Gasteiger partial charge in [-0.3, -0.25) is 14.5 Å². The predicted molar refractivity (Wildman–Crippen MR) is 181 cm³/mol. The van der Waals surface area contributed by atoms with Crippen LogP contribution in [-0.4, -0.2) is 76.3 Å². The molecule has 0 aliphatic carbocycles. The quantitative estimate of drug-likeness (QED) is 0.235. The first kappa shape index (κ1) is 32.1. The van der Waals surface area contributed by atoms with Gasteiger partial charge in [0.15, 0.2) is 5.65 Å². The molecule has 1 aliphatic heterocycles. The van der Waals surface area contributed by atoms with Gasteiger partial charge in [-0.25, -0.2) is 22.4 Å². The molecule has 1 N–H and O–H groups in total. The molecule has 6 rings (SSSR count). The van der Waals surface area contributed by atoms with Crippen molar-refractivity contribution in [2.45, 2.75) is 45.1 Å². The second-order valence-corrected chi connectivity index (χ2v) is 14.2. The van der Waals surface area contributed by atoms with E-state index in [2.05, 4.69) is 24.0 Å². The SMILES string of the molecule is Cc1ccc(S(=O)(=O)n2cc(-c3ccc(C(=O)N(C)C)c(C)c3)c3nc(-c4cc(C)c5c(c4)CN(CCC(=O)O)CC5)cnc32)cc1. The number of carboxylic acids is 1. The first-order chi connectivity index (χ1) is 22.3. The molecule has 47 heavy (non-hydrogen) atoms. The summed E-state index contributed by atoms with van der Waals surface area (Å²) in [6.45, 7) is 7.74. The fourth-order valence-corrected chi connectivity index (χ4v) is 7.52. The number of fused-ring (bicyclic) bond motifs is 2. The van der Waals surface area contributed by atoms with Gasteiger partial charge >= 0.3 is 5.97 Å². The summed E-state index contributed by atoms with van der Waals surface area (Å²) in [6.07, 6.45) is 4.08. The van der Waals surface area contributed by atoms with Gasteiger partial charge in [-0.05, 0) is 85.3 Å². The summed E-state index contributed by atoms with van der Waals surface area (Å²) in [7, 11) is -0.619. The Labute approximate surface area is 274 Å². The Hall–Kier alpha value is -4.87. The third kappa shape index (κ3) is 6.16. The highest BCUT2D eigenvalue weighted by molar-refractivity contribution is 7.90. The molecule has 0 spiro atoms. The molecular weight excluding hydrogens is 614 g/mol. The summed E-state index contributed by atoms with van der Waals surface area (Å²) in [4.78, 5) is 37.5. The van der Waals surface area contributed by atoms with Crippen molar-refractivity contribution < 1.29 is 23.1 Å². The predicted octanol–water partition coefficient (Wildman–Crippen LogP) is 5.46. The maximum atomic E-state index is 14.0. The largest absolute Gasteiger partial charge is 0.481 e. The summed E-state index contributed by atoms with van der Waals surface area (Å²) in [5.74, 6) is -0.935. The van der Waals surface area contributed by atoms with Crippen molar-refractivity contribution in [1.82, 2.24) is 23.7 Å². The van der Waals surface area contributed by atoms with Crippen molar-refractivity contribution in [3.8, 4) is 22.4 Å². The van der Waals surface area contributed by atoms with Crippen LogP contribution in [0.15, 0.2) is 71.9 Å². The fourth-order valence-electron chi connectivity index (χ4n) is 6.20. The number of carboxylic acid groups (broad SMARTS) is 1. The van der Waals surface area contributed by atoms with Gasteiger partial charge in [0.1, 0.15) is 5.52 Å². The summed E-state index contributed by atoms with van der Waals surface area (Å²) >= 11 is 0. The van der Waals surface area contributed by atoms with Crippen LogP contribution in [0, 0.1) is 20.8 Å². The van der Waals surface area contributed by atoms with Crippen molar-refractivity contribution in [2.24, 2.45) is 0 Å². The van der Waals surface area contributed by atoms with Gasteiger partial charge in [-0.2, -0.15) is 0 Å². The molecule has 11 heteroatoms. The first-order valence-corrected chi connectivity index (χ1v) is 16.9. The van der Waals surface area contributed by atoms with E-state index in [-0.39, 0.29) is 22.9 Å². The minimum atomic E-state index is -4.02. The van der Waals surface area contributed by atoms with E-state index in [1.54, 1.807) is 56.8 Å². The highest BCUT2D eigenvalue weighted by Crippen LogP contribution is 2.35. The number of rotatable bonds is 8. The number of benzene rings is 3. The molecule has 0 bridgehead atoms. The van der Waals surface area contributed by atoms with Crippen LogP contribution < -0.4 is 0 Å². The molecule has 0 saturated carbocycles. The second kappa shape index (κ2) is 12.4. The third-order valence-electron chi connectivity index (χ3n) is 8.79. The first-order valence-electron chi connectivity index (χ1n) is 15.4. The summed E-state index contributed by atoms with van der Waals surface area (Å²) in [6, 6.07) is 16.3. The number of carbonyl (C=O) groups excluding carboxylic acids is 1. The molecule has 0 radical (unpaired) electrons. The van der Waals surface area contributed by atoms with Crippen LogP contribution in [0.3, 0.4) is 0 Å². The molecule has 0 atom stereocenters. The normalized spacial score (nSPS) is 13.5. The smallest absolute Gasteiger partial charge is 0.304 e. The Bertz CT molecular complexity index is 2150. The zero-order valence-electron chi connectivity index (χ0n) is 27.1. The van der Waals surface area contributed by atoms with Crippen LogP contribution in [0.1, 0.15) is 44.6 Å². The average Bonchev–Trinajstić information content (AvgIpc) is 3.43. The van der Waals surface area contributed by atoms with Gasteiger partial charge in [-0.15, -0.1) is 0 Å². The molecule has 0 fully saturated rings. The topological polar surface area (TPSA) is 126 Å². The molecule has 1 amide bonds. The molecular formula is C36H37N5O5S. The number of aromatic nitrogens is 3. The molecule has 1 aliphatic rings. The number of aryl methyl sites for hydroxylation is 3. The maximum absolute atomic E-state index is 14.0. The monoisotopic (exact) mass is 651 g/mol. The van der Waals surface area contributed by atoms with E-state index >= 15 is 0 Å². The third-order valence-corrected chi connectivity index (χ3v) is 10.5. The summed E-state index contributed by atoms with van der Waals surface area (Å²) in [5, 5.41) is 9.17. The zero-order valence-corrected chi connectivity index (χ0v) is 27.9. The molecule has 10 nitrogen and oxygen atoms in total. The molecule has 242 valence electrons. The lowest BCUT2D eigenvalue weighted by Gasteiger charge is -2.29. The van der Waals surface area contributed by atoms with E-state index in [0.29, 0.717) is 41.0 Å². The standard InChI is InChI=1S/C36H37N5O5S/c1-22-6-9-28(10-7-22)47(45,46)41-21-31(25-8-11-30(24(3)16-25)36(44)39(4)5)34-35(41)37-19-32(38-34)26-17-23(2)29-12-14-40(15-13-33(42)43)20-27(29)18-26/h6-11,16-19,21H,12-15,20H2,1-5H3,(H,42,43). The highest BCUT2D eigenvalue weighted by atomic mass is 32.2. The van der Waals surface area contributed by atoms with Crippen molar-refractivity contribution in [3.63, 3.8) is 0 Å². The summed E-state index contributed by atoms with van der Waals surface area (Å²) < 4.78 is 29.1. The van der Waals surface area contributed by atoms with Gasteiger partial charge in [-0.1, -0.05) is 29.8 Å². The molecule has 3 heterocycles. The minimum absolute atomic E-state index is 0.0885. The second-order valence-electron chi connectivity index (χ2n) is 12.4. The minimum Gasteiger partial charge on any atom is -0.481 e. The average molecular weight is 652 g/mol. The zero-order chi connectivity index (χ0) is 33.6. The molecule has 0 unspecified atom stereocenters. The van der Waals surface area contributed by atoms with Crippen LogP contribution in [0.25, 0.3) is 33.5 Å². The lowest BCUT2D eigenvalue weighted by molar-refractivity contribution is -0.137. The fraction of sp³-hybridized carbons (Fsp3) is 0.278. The Balaban J connectivity index is 1.50. The number of aliphatic carboxylic acids is 1.